The van der Waals surface area contributed by atoms with E-state index in [9.17, 15) is 21.6 Å². The summed E-state index contributed by atoms with van der Waals surface area (Å²) in [7, 11) is -7.25. The van der Waals surface area contributed by atoms with Crippen LogP contribution in [-0.2, 0) is 42.5 Å². The third kappa shape index (κ3) is 4.97. The van der Waals surface area contributed by atoms with Crippen LogP contribution in [-0.4, -0.2) is 69.5 Å². The summed E-state index contributed by atoms with van der Waals surface area (Å²) >= 11 is 0. The third-order valence-corrected chi connectivity index (χ3v) is 9.70. The van der Waals surface area contributed by atoms with Crippen molar-refractivity contribution < 1.29 is 26.4 Å². The van der Waals surface area contributed by atoms with Gasteiger partial charge in [-0.25, -0.2) is 16.8 Å². The van der Waals surface area contributed by atoms with Gasteiger partial charge in [0.2, 0.25) is 26.0 Å². The summed E-state index contributed by atoms with van der Waals surface area (Å²) in [6.45, 7) is 3.00. The van der Waals surface area contributed by atoms with Crippen LogP contribution in [0.25, 0.3) is 0 Å². The molecule has 0 spiro atoms. The van der Waals surface area contributed by atoms with Crippen LogP contribution in [0.15, 0.2) is 53.4 Å². The highest BCUT2D eigenvalue weighted by molar-refractivity contribution is 7.89. The second kappa shape index (κ2) is 9.51. The second-order valence-corrected chi connectivity index (χ2v) is 12.1. The van der Waals surface area contributed by atoms with Gasteiger partial charge >= 0.3 is 0 Å². The minimum Gasteiger partial charge on any atom is -0.379 e. The SMILES string of the molecule is CCS(=O)(=O)N1Cc2ccccc2C[C@@H]1C(=O)Nc1ccc(S(=O)(=O)N2CCOCC2)cc1. The van der Waals surface area contributed by atoms with Crippen LogP contribution in [0.1, 0.15) is 18.1 Å². The van der Waals surface area contributed by atoms with E-state index in [-0.39, 0.29) is 23.6 Å². The predicted molar refractivity (Wildman–Crippen MR) is 124 cm³/mol. The van der Waals surface area contributed by atoms with Gasteiger partial charge in [-0.3, -0.25) is 4.79 Å². The number of hydrogen-bond acceptors (Lipinski definition) is 6. The van der Waals surface area contributed by atoms with Gasteiger partial charge in [0.25, 0.3) is 0 Å². The lowest BCUT2D eigenvalue weighted by atomic mass is 9.95. The number of hydrogen-bond donors (Lipinski definition) is 1. The number of carbonyl (C=O) groups is 1. The van der Waals surface area contributed by atoms with Crippen molar-refractivity contribution in [1.29, 1.82) is 0 Å². The zero-order chi connectivity index (χ0) is 23.6. The number of carbonyl (C=O) groups excluding carboxylic acids is 1. The van der Waals surface area contributed by atoms with E-state index in [2.05, 4.69) is 5.32 Å². The average Bonchev–Trinajstić information content (AvgIpc) is 2.84. The van der Waals surface area contributed by atoms with Crippen molar-refractivity contribution in [2.24, 2.45) is 0 Å². The standard InChI is InChI=1S/C22H27N3O6S2/c1-2-32(27,28)25-16-18-6-4-3-5-17(18)15-21(25)22(26)23-19-7-9-20(10-8-19)33(29,30)24-11-13-31-14-12-24/h3-10,21H,2,11-16H2,1H3,(H,23,26)/t21-/m1/s1. The van der Waals surface area contributed by atoms with Crippen LogP contribution in [0.3, 0.4) is 0 Å². The lowest BCUT2D eigenvalue weighted by Crippen LogP contribution is -2.51. The fraction of sp³-hybridized carbons (Fsp3) is 0.409. The van der Waals surface area contributed by atoms with Crippen LogP contribution in [0.5, 0.6) is 0 Å². The maximum absolute atomic E-state index is 13.1. The maximum Gasteiger partial charge on any atom is 0.243 e. The third-order valence-electron chi connectivity index (χ3n) is 5.96. The smallest absolute Gasteiger partial charge is 0.243 e. The molecule has 1 N–H and O–H groups in total. The molecular weight excluding hydrogens is 466 g/mol. The van der Waals surface area contributed by atoms with Gasteiger partial charge in [0.1, 0.15) is 6.04 Å². The van der Waals surface area contributed by atoms with E-state index >= 15 is 0 Å². The van der Waals surface area contributed by atoms with Crippen molar-refractivity contribution in [3.05, 3.63) is 59.7 Å². The van der Waals surface area contributed by atoms with Gasteiger partial charge in [0, 0.05) is 25.3 Å². The molecule has 33 heavy (non-hydrogen) atoms. The van der Waals surface area contributed by atoms with Crippen LogP contribution in [0, 0.1) is 0 Å². The van der Waals surface area contributed by atoms with Gasteiger partial charge in [0.05, 0.1) is 23.9 Å². The topological polar surface area (TPSA) is 113 Å². The van der Waals surface area contributed by atoms with Gasteiger partial charge in [-0.15, -0.1) is 0 Å². The quantitative estimate of drug-likeness (QED) is 0.651. The molecule has 0 saturated carbocycles. The van der Waals surface area contributed by atoms with Gasteiger partial charge in [-0.2, -0.15) is 8.61 Å². The summed E-state index contributed by atoms with van der Waals surface area (Å²) in [6, 6.07) is 12.5. The Morgan fingerprint density at radius 2 is 1.64 bits per heavy atom. The number of ether oxygens (including phenoxy) is 1. The summed E-state index contributed by atoms with van der Waals surface area (Å²) < 4.78 is 58.8. The number of fused-ring (bicyclic) bond motifs is 1. The molecule has 1 amide bonds. The van der Waals surface area contributed by atoms with E-state index in [4.69, 9.17) is 4.74 Å². The summed E-state index contributed by atoms with van der Waals surface area (Å²) in [5.41, 5.74) is 2.22. The van der Waals surface area contributed by atoms with Gasteiger partial charge in [0.15, 0.2) is 0 Å². The Kier molecular flexibility index (Phi) is 6.87. The fourth-order valence-electron chi connectivity index (χ4n) is 4.05. The first-order valence-electron chi connectivity index (χ1n) is 10.8. The van der Waals surface area contributed by atoms with Crippen molar-refractivity contribution in [2.45, 2.75) is 30.8 Å². The molecule has 1 atom stereocenters. The lowest BCUT2D eigenvalue weighted by Gasteiger charge is -2.34. The van der Waals surface area contributed by atoms with Gasteiger partial charge in [-0.05, 0) is 48.7 Å². The van der Waals surface area contributed by atoms with Crippen molar-refractivity contribution in [3.63, 3.8) is 0 Å². The van der Waals surface area contributed by atoms with Crippen molar-refractivity contribution >= 4 is 31.6 Å². The Hall–Kier alpha value is -2.31. The Morgan fingerprint density at radius 1 is 1.00 bits per heavy atom. The summed E-state index contributed by atoms with van der Waals surface area (Å²) in [5, 5.41) is 2.75. The van der Waals surface area contributed by atoms with E-state index < -0.39 is 32.0 Å². The van der Waals surface area contributed by atoms with E-state index in [0.717, 1.165) is 11.1 Å². The van der Waals surface area contributed by atoms with Crippen LogP contribution in [0.2, 0.25) is 0 Å². The molecule has 2 aliphatic rings. The van der Waals surface area contributed by atoms with Crippen molar-refractivity contribution in [1.82, 2.24) is 8.61 Å². The zero-order valence-corrected chi connectivity index (χ0v) is 19.9. The molecule has 0 aliphatic carbocycles. The predicted octanol–water partition coefficient (Wildman–Crippen LogP) is 1.42. The second-order valence-electron chi connectivity index (χ2n) is 7.96. The molecule has 0 bridgehead atoms. The summed E-state index contributed by atoms with van der Waals surface area (Å²) in [4.78, 5) is 13.3. The fourth-order valence-corrected chi connectivity index (χ4v) is 6.69. The molecular formula is C22H27N3O6S2. The molecule has 0 aromatic heterocycles. The molecule has 2 aromatic rings. The van der Waals surface area contributed by atoms with E-state index in [1.54, 1.807) is 6.92 Å². The highest BCUT2D eigenvalue weighted by Crippen LogP contribution is 2.27. The molecule has 1 fully saturated rings. The molecule has 4 rings (SSSR count). The van der Waals surface area contributed by atoms with Crippen molar-refractivity contribution in [2.75, 3.05) is 37.4 Å². The maximum atomic E-state index is 13.1. The molecule has 178 valence electrons. The highest BCUT2D eigenvalue weighted by atomic mass is 32.2. The van der Waals surface area contributed by atoms with Gasteiger partial charge in [-0.1, -0.05) is 24.3 Å². The molecule has 0 radical (unpaired) electrons. The molecule has 2 aromatic carbocycles. The Morgan fingerprint density at radius 3 is 2.27 bits per heavy atom. The highest BCUT2D eigenvalue weighted by Gasteiger charge is 2.38. The largest absolute Gasteiger partial charge is 0.379 e. The summed E-state index contributed by atoms with van der Waals surface area (Å²) in [6.07, 6.45) is 0.269. The number of anilines is 1. The first-order chi connectivity index (χ1) is 15.7. The molecule has 11 heteroatoms. The Bertz CT molecular complexity index is 1220. The molecule has 2 heterocycles. The Labute approximate surface area is 194 Å². The van der Waals surface area contributed by atoms with Crippen LogP contribution < -0.4 is 5.32 Å². The number of rotatable bonds is 6. The number of sulfonamides is 2. The molecule has 2 aliphatic heterocycles. The first kappa shape index (κ1) is 23.8. The van der Waals surface area contributed by atoms with Crippen LogP contribution in [0.4, 0.5) is 5.69 Å². The van der Waals surface area contributed by atoms with Crippen LogP contribution >= 0.6 is 0 Å². The van der Waals surface area contributed by atoms with E-state index in [1.807, 2.05) is 24.3 Å². The number of benzene rings is 2. The minimum atomic E-state index is -3.64. The first-order valence-corrected chi connectivity index (χ1v) is 13.8. The van der Waals surface area contributed by atoms with Gasteiger partial charge < -0.3 is 10.1 Å². The molecule has 1 saturated heterocycles. The van der Waals surface area contributed by atoms with E-state index in [1.165, 1.54) is 32.9 Å². The minimum absolute atomic E-state index is 0.104. The number of morpholine rings is 1. The monoisotopic (exact) mass is 493 g/mol. The lowest BCUT2D eigenvalue weighted by molar-refractivity contribution is -0.120. The molecule has 0 unspecified atom stereocenters. The zero-order valence-electron chi connectivity index (χ0n) is 18.3. The van der Waals surface area contributed by atoms with E-state index in [0.29, 0.717) is 32.0 Å². The Balaban J connectivity index is 1.53. The summed E-state index contributed by atoms with van der Waals surface area (Å²) in [5.74, 6) is -0.558. The average molecular weight is 494 g/mol. The number of nitrogens with zero attached hydrogens (tertiary/aromatic N) is 2. The number of nitrogens with one attached hydrogen (secondary N) is 1. The van der Waals surface area contributed by atoms with Crippen molar-refractivity contribution in [3.8, 4) is 0 Å². The normalized spacial score (nSPS) is 20.2. The molecule has 9 nitrogen and oxygen atoms in total. The number of amides is 1.